The zero-order valence-electron chi connectivity index (χ0n) is 8.89. The van der Waals surface area contributed by atoms with Gasteiger partial charge in [-0.3, -0.25) is 4.79 Å². The van der Waals surface area contributed by atoms with E-state index in [4.69, 9.17) is 0 Å². The van der Waals surface area contributed by atoms with Crippen LogP contribution in [0.1, 0.15) is 22.6 Å². The van der Waals surface area contributed by atoms with Crippen LogP contribution >= 0.6 is 0 Å². The topological polar surface area (TPSA) is 34.9 Å². The largest absolute Gasteiger partial charge is 0.328 e. The minimum Gasteiger partial charge on any atom is -0.328 e. The fourth-order valence-corrected chi connectivity index (χ4v) is 2.22. The smallest absolute Gasteiger partial charge is 0.150 e. The summed E-state index contributed by atoms with van der Waals surface area (Å²) in [6.07, 6.45) is 5.05. The van der Waals surface area contributed by atoms with Gasteiger partial charge in [-0.25, -0.2) is 4.98 Å². The number of aromatic nitrogens is 2. The molecule has 2 heterocycles. The van der Waals surface area contributed by atoms with Crippen molar-refractivity contribution in [3.05, 3.63) is 41.9 Å². The quantitative estimate of drug-likeness (QED) is 0.716. The maximum absolute atomic E-state index is 10.6. The molecule has 16 heavy (non-hydrogen) atoms. The van der Waals surface area contributed by atoms with Gasteiger partial charge in [0, 0.05) is 18.5 Å². The lowest BCUT2D eigenvalue weighted by atomic mass is 10.1. The van der Waals surface area contributed by atoms with Crippen LogP contribution in [0, 0.1) is 0 Å². The van der Waals surface area contributed by atoms with Crippen LogP contribution in [-0.2, 0) is 13.0 Å². The molecule has 0 aliphatic carbocycles. The van der Waals surface area contributed by atoms with Crippen molar-refractivity contribution in [1.29, 1.82) is 0 Å². The van der Waals surface area contributed by atoms with Gasteiger partial charge in [-0.2, -0.15) is 0 Å². The molecule has 0 amide bonds. The lowest BCUT2D eigenvalue weighted by molar-refractivity contribution is 0.112. The van der Waals surface area contributed by atoms with Gasteiger partial charge in [0.05, 0.1) is 11.9 Å². The van der Waals surface area contributed by atoms with Crippen molar-refractivity contribution in [3.8, 4) is 11.3 Å². The van der Waals surface area contributed by atoms with E-state index in [-0.39, 0.29) is 0 Å². The molecule has 2 aromatic rings. The highest BCUT2D eigenvalue weighted by molar-refractivity contribution is 5.76. The summed E-state index contributed by atoms with van der Waals surface area (Å²) in [5.74, 6) is 1.18. The van der Waals surface area contributed by atoms with E-state index in [2.05, 4.69) is 9.55 Å². The van der Waals surface area contributed by atoms with Crippen molar-refractivity contribution in [2.75, 3.05) is 0 Å². The summed E-state index contributed by atoms with van der Waals surface area (Å²) in [6, 6.07) is 7.65. The molecule has 0 fully saturated rings. The Morgan fingerprint density at radius 1 is 1.25 bits per heavy atom. The van der Waals surface area contributed by atoms with Gasteiger partial charge in [0.2, 0.25) is 0 Å². The molecule has 3 rings (SSSR count). The average Bonchev–Trinajstić information content (AvgIpc) is 2.91. The molecule has 0 radical (unpaired) electrons. The normalized spacial score (nSPS) is 13.8. The first-order valence-corrected chi connectivity index (χ1v) is 5.48. The fraction of sp³-hybridized carbons (Fsp3) is 0.231. The van der Waals surface area contributed by atoms with Crippen molar-refractivity contribution in [1.82, 2.24) is 9.55 Å². The molecule has 1 aromatic carbocycles. The number of imidazole rings is 1. The van der Waals surface area contributed by atoms with Gasteiger partial charge in [0.15, 0.2) is 0 Å². The molecule has 0 spiro atoms. The zero-order chi connectivity index (χ0) is 11.0. The van der Waals surface area contributed by atoms with Gasteiger partial charge in [-0.05, 0) is 12.0 Å². The van der Waals surface area contributed by atoms with E-state index in [0.717, 1.165) is 30.5 Å². The van der Waals surface area contributed by atoms with Crippen molar-refractivity contribution in [2.45, 2.75) is 19.4 Å². The number of benzene rings is 1. The second-order valence-electron chi connectivity index (χ2n) is 4.05. The summed E-state index contributed by atoms with van der Waals surface area (Å²) in [4.78, 5) is 15.0. The molecular weight excluding hydrogens is 200 g/mol. The van der Waals surface area contributed by atoms with Crippen LogP contribution in [0.5, 0.6) is 0 Å². The van der Waals surface area contributed by atoms with Crippen LogP contribution in [0.2, 0.25) is 0 Å². The summed E-state index contributed by atoms with van der Waals surface area (Å²) in [5, 5.41) is 0. The van der Waals surface area contributed by atoms with Gasteiger partial charge < -0.3 is 4.57 Å². The highest BCUT2D eigenvalue weighted by atomic mass is 16.1. The molecule has 80 valence electrons. The Bertz CT molecular complexity index is 525. The third-order valence-electron chi connectivity index (χ3n) is 3.06. The third kappa shape index (κ3) is 1.36. The molecule has 0 bridgehead atoms. The second kappa shape index (κ2) is 3.59. The Balaban J connectivity index is 2.04. The number of aryl methyl sites for hydroxylation is 1. The van der Waals surface area contributed by atoms with E-state index in [0.29, 0.717) is 5.56 Å². The summed E-state index contributed by atoms with van der Waals surface area (Å²) in [6.45, 7) is 1.06. The van der Waals surface area contributed by atoms with E-state index in [9.17, 15) is 4.79 Å². The summed E-state index contributed by atoms with van der Waals surface area (Å²) in [7, 11) is 0. The molecule has 0 N–H and O–H groups in total. The van der Waals surface area contributed by atoms with Gasteiger partial charge in [-0.15, -0.1) is 0 Å². The Morgan fingerprint density at radius 3 is 2.81 bits per heavy atom. The first kappa shape index (κ1) is 9.33. The van der Waals surface area contributed by atoms with Crippen molar-refractivity contribution in [3.63, 3.8) is 0 Å². The van der Waals surface area contributed by atoms with Gasteiger partial charge in [-0.1, -0.05) is 24.3 Å². The van der Waals surface area contributed by atoms with E-state index in [1.807, 2.05) is 30.5 Å². The first-order valence-electron chi connectivity index (χ1n) is 5.48. The first-order chi connectivity index (χ1) is 7.88. The fourth-order valence-electron chi connectivity index (χ4n) is 2.22. The number of hydrogen-bond donors (Lipinski definition) is 0. The monoisotopic (exact) mass is 212 g/mol. The van der Waals surface area contributed by atoms with E-state index in [1.54, 1.807) is 0 Å². The number of fused-ring (bicyclic) bond motifs is 1. The van der Waals surface area contributed by atoms with E-state index < -0.39 is 0 Å². The van der Waals surface area contributed by atoms with Gasteiger partial charge in [0.25, 0.3) is 0 Å². The lowest BCUT2D eigenvalue weighted by Gasteiger charge is -2.04. The Kier molecular flexibility index (Phi) is 2.10. The van der Waals surface area contributed by atoms with Crippen LogP contribution < -0.4 is 0 Å². The van der Waals surface area contributed by atoms with Crippen LogP contribution in [0.3, 0.4) is 0 Å². The minimum atomic E-state index is 0.713. The minimum absolute atomic E-state index is 0.713. The molecule has 1 aromatic heterocycles. The third-order valence-corrected chi connectivity index (χ3v) is 3.06. The number of aldehydes is 1. The van der Waals surface area contributed by atoms with Crippen LogP contribution in [0.15, 0.2) is 30.5 Å². The van der Waals surface area contributed by atoms with Gasteiger partial charge >= 0.3 is 0 Å². The number of carbonyl (C=O) groups excluding carboxylic acids is 1. The molecule has 1 aliphatic rings. The summed E-state index contributed by atoms with van der Waals surface area (Å²) >= 11 is 0. The van der Waals surface area contributed by atoms with Crippen LogP contribution in [-0.4, -0.2) is 15.8 Å². The summed E-state index contributed by atoms with van der Waals surface area (Å²) < 4.78 is 2.26. The number of carbonyl (C=O) groups is 1. The Hall–Kier alpha value is -1.90. The number of nitrogens with zero attached hydrogens (tertiary/aromatic N) is 2. The highest BCUT2D eigenvalue weighted by Crippen LogP contribution is 2.25. The average molecular weight is 212 g/mol. The molecule has 1 aliphatic heterocycles. The molecule has 0 atom stereocenters. The maximum atomic E-state index is 10.6. The van der Waals surface area contributed by atoms with Crippen molar-refractivity contribution >= 4 is 6.29 Å². The van der Waals surface area contributed by atoms with Crippen LogP contribution in [0.25, 0.3) is 11.3 Å². The summed E-state index contributed by atoms with van der Waals surface area (Å²) in [5.41, 5.74) is 3.00. The molecule has 0 saturated heterocycles. The SMILES string of the molecule is O=Cc1ccc(-c2cnc3n2CCC3)cc1. The van der Waals surface area contributed by atoms with Crippen molar-refractivity contribution in [2.24, 2.45) is 0 Å². The maximum Gasteiger partial charge on any atom is 0.150 e. The predicted molar refractivity (Wildman–Crippen MR) is 61.4 cm³/mol. The zero-order valence-corrected chi connectivity index (χ0v) is 8.89. The Morgan fingerprint density at radius 2 is 2.06 bits per heavy atom. The second-order valence-corrected chi connectivity index (χ2v) is 4.05. The predicted octanol–water partition coefficient (Wildman–Crippen LogP) is 2.31. The van der Waals surface area contributed by atoms with Gasteiger partial charge in [0.1, 0.15) is 12.1 Å². The molecule has 0 saturated carbocycles. The molecular formula is C13H12N2O. The number of hydrogen-bond acceptors (Lipinski definition) is 2. The van der Waals surface area contributed by atoms with Crippen LogP contribution in [0.4, 0.5) is 0 Å². The molecule has 3 heteroatoms. The molecule has 3 nitrogen and oxygen atoms in total. The lowest BCUT2D eigenvalue weighted by Crippen LogP contribution is -1.95. The van der Waals surface area contributed by atoms with Crippen molar-refractivity contribution < 1.29 is 4.79 Å². The highest BCUT2D eigenvalue weighted by Gasteiger charge is 2.16. The molecule has 0 unspecified atom stereocenters. The standard InChI is InChI=1S/C13H12N2O/c16-9-10-3-5-11(6-4-10)12-8-14-13-2-1-7-15(12)13/h3-6,8-9H,1-2,7H2. The van der Waals surface area contributed by atoms with E-state index in [1.165, 1.54) is 12.2 Å². The van der Waals surface area contributed by atoms with E-state index >= 15 is 0 Å². The Labute approximate surface area is 93.7 Å². The number of rotatable bonds is 2.